The van der Waals surface area contributed by atoms with E-state index in [1.807, 2.05) is 17.5 Å². The maximum atomic E-state index is 12.4. The fourth-order valence-corrected chi connectivity index (χ4v) is 3.45. The number of amides is 1. The van der Waals surface area contributed by atoms with Gasteiger partial charge in [0.2, 0.25) is 5.95 Å². The fourth-order valence-electron chi connectivity index (χ4n) is 2.19. The Morgan fingerprint density at radius 2 is 1.85 bits per heavy atom. The van der Waals surface area contributed by atoms with Crippen LogP contribution in [0.15, 0.2) is 60.1 Å². The van der Waals surface area contributed by atoms with Gasteiger partial charge in [0.15, 0.2) is 0 Å². The summed E-state index contributed by atoms with van der Waals surface area (Å²) in [5.41, 5.74) is 1.37. The van der Waals surface area contributed by atoms with E-state index in [4.69, 9.17) is 16.3 Å². The van der Waals surface area contributed by atoms with Crippen molar-refractivity contribution in [3.63, 3.8) is 0 Å². The van der Waals surface area contributed by atoms with Crippen LogP contribution in [-0.2, 0) is 0 Å². The molecule has 4 aromatic rings. The van der Waals surface area contributed by atoms with E-state index in [9.17, 15) is 4.79 Å². The van der Waals surface area contributed by atoms with Crippen LogP contribution in [0.2, 0.25) is 5.02 Å². The zero-order valence-electron chi connectivity index (χ0n) is 13.6. The number of halogens is 1. The van der Waals surface area contributed by atoms with Crippen LogP contribution in [0, 0.1) is 0 Å². The number of nitrogens with one attached hydrogen (secondary N) is 1. The highest BCUT2D eigenvalue weighted by molar-refractivity contribution is 7.11. The summed E-state index contributed by atoms with van der Waals surface area (Å²) < 4.78 is 9.76. The molecule has 2 aromatic heterocycles. The number of thiazole rings is 1. The molecule has 27 heavy (non-hydrogen) atoms. The first-order valence-corrected chi connectivity index (χ1v) is 9.79. The van der Waals surface area contributed by atoms with E-state index in [0.717, 1.165) is 5.56 Å². The van der Waals surface area contributed by atoms with Crippen LogP contribution < -0.4 is 10.1 Å². The number of carbonyl (C=O) groups excluding carboxylic acids is 1. The van der Waals surface area contributed by atoms with E-state index in [1.54, 1.807) is 42.6 Å². The van der Waals surface area contributed by atoms with Crippen LogP contribution in [0.25, 0.3) is 10.6 Å². The highest BCUT2D eigenvalue weighted by atomic mass is 35.5. The first kappa shape index (κ1) is 17.6. The lowest BCUT2D eigenvalue weighted by Crippen LogP contribution is -2.12. The third-order valence-corrected chi connectivity index (χ3v) is 5.14. The molecule has 4 rings (SSSR count). The number of benzene rings is 2. The van der Waals surface area contributed by atoms with E-state index in [1.165, 1.54) is 22.9 Å². The highest BCUT2D eigenvalue weighted by Gasteiger charge is 2.12. The van der Waals surface area contributed by atoms with E-state index in [-0.39, 0.29) is 11.9 Å². The number of carbonyl (C=O) groups is 1. The fraction of sp³-hybridized carbons (Fsp3) is 0. The molecule has 0 unspecified atom stereocenters. The maximum absolute atomic E-state index is 12.4. The van der Waals surface area contributed by atoms with Gasteiger partial charge >= 0.3 is 0 Å². The summed E-state index contributed by atoms with van der Waals surface area (Å²) in [6, 6.07) is 14.0. The number of ether oxygens (including phenoxy) is 1. The van der Waals surface area contributed by atoms with Gasteiger partial charge in [0, 0.05) is 27.7 Å². The van der Waals surface area contributed by atoms with Crippen molar-refractivity contribution in [3.8, 4) is 21.5 Å². The minimum Gasteiger partial charge on any atom is -0.431 e. The van der Waals surface area contributed by atoms with Gasteiger partial charge in [-0.1, -0.05) is 35.1 Å². The van der Waals surface area contributed by atoms with Gasteiger partial charge in [0.25, 0.3) is 11.1 Å². The van der Waals surface area contributed by atoms with Gasteiger partial charge < -0.3 is 4.74 Å². The van der Waals surface area contributed by atoms with Crippen LogP contribution in [0.4, 0.5) is 5.95 Å². The summed E-state index contributed by atoms with van der Waals surface area (Å²) in [5.74, 6) is 0.577. The minimum absolute atomic E-state index is 0.262. The molecule has 0 spiro atoms. The monoisotopic (exact) mass is 414 g/mol. The molecule has 0 aliphatic heterocycles. The molecule has 0 aliphatic carbocycles. The number of anilines is 1. The number of hydrogen-bond donors (Lipinski definition) is 1. The molecular weight excluding hydrogens is 404 g/mol. The molecule has 0 atom stereocenters. The first-order valence-electron chi connectivity index (χ1n) is 7.76. The van der Waals surface area contributed by atoms with Crippen LogP contribution in [0.5, 0.6) is 10.9 Å². The molecule has 134 valence electrons. The topological polar surface area (TPSA) is 77.0 Å². The van der Waals surface area contributed by atoms with Gasteiger partial charge in [-0.05, 0) is 47.9 Å². The second-order valence-electron chi connectivity index (χ2n) is 5.31. The van der Waals surface area contributed by atoms with Crippen molar-refractivity contribution in [1.82, 2.24) is 14.3 Å². The quantitative estimate of drug-likeness (QED) is 0.475. The Hall–Kier alpha value is -2.81. The molecule has 2 aromatic carbocycles. The number of aromatic nitrogens is 3. The molecule has 0 fully saturated rings. The lowest BCUT2D eigenvalue weighted by molar-refractivity contribution is 0.102. The number of nitrogens with zero attached hydrogens (tertiary/aromatic N) is 3. The summed E-state index contributed by atoms with van der Waals surface area (Å²) in [6.45, 7) is 0. The molecule has 0 saturated carbocycles. The normalized spacial score (nSPS) is 10.6. The summed E-state index contributed by atoms with van der Waals surface area (Å²) in [4.78, 5) is 20.8. The minimum atomic E-state index is -0.295. The molecule has 1 amide bonds. The van der Waals surface area contributed by atoms with Crippen molar-refractivity contribution in [2.45, 2.75) is 0 Å². The van der Waals surface area contributed by atoms with Crippen molar-refractivity contribution in [2.24, 2.45) is 0 Å². The van der Waals surface area contributed by atoms with Gasteiger partial charge in [0.1, 0.15) is 10.8 Å². The van der Waals surface area contributed by atoms with Crippen molar-refractivity contribution in [3.05, 3.63) is 70.7 Å². The SMILES string of the molecule is O=C(Nc1nsc(-c2ccc(Cl)cc2)n1)c1ccc(Oc2nccs2)cc1. The lowest BCUT2D eigenvalue weighted by atomic mass is 10.2. The highest BCUT2D eigenvalue weighted by Crippen LogP contribution is 2.26. The van der Waals surface area contributed by atoms with Crippen molar-refractivity contribution in [2.75, 3.05) is 5.32 Å². The summed E-state index contributed by atoms with van der Waals surface area (Å²) in [6.07, 6.45) is 1.67. The first-order chi connectivity index (χ1) is 13.2. The third kappa shape index (κ3) is 4.30. The molecule has 0 radical (unpaired) electrons. The number of rotatable bonds is 5. The Kier molecular flexibility index (Phi) is 5.10. The Morgan fingerprint density at radius 3 is 2.56 bits per heavy atom. The Balaban J connectivity index is 1.42. The average Bonchev–Trinajstić information content (AvgIpc) is 3.35. The predicted molar refractivity (Wildman–Crippen MR) is 107 cm³/mol. The van der Waals surface area contributed by atoms with Crippen molar-refractivity contribution in [1.29, 1.82) is 0 Å². The van der Waals surface area contributed by atoms with Gasteiger partial charge in [-0.15, -0.1) is 0 Å². The molecule has 1 N–H and O–H groups in total. The van der Waals surface area contributed by atoms with E-state index >= 15 is 0 Å². The molecule has 0 bridgehead atoms. The number of hydrogen-bond acceptors (Lipinski definition) is 7. The lowest BCUT2D eigenvalue weighted by Gasteiger charge is -2.04. The van der Waals surface area contributed by atoms with Crippen molar-refractivity contribution < 1.29 is 9.53 Å². The van der Waals surface area contributed by atoms with E-state index in [2.05, 4.69) is 19.7 Å². The van der Waals surface area contributed by atoms with Gasteiger partial charge in [-0.2, -0.15) is 9.36 Å². The van der Waals surface area contributed by atoms with Gasteiger partial charge in [-0.3, -0.25) is 10.1 Å². The Labute approximate surface area is 167 Å². The molecule has 0 saturated heterocycles. The second kappa shape index (κ2) is 7.83. The molecule has 2 heterocycles. The molecular formula is C18H11ClN4O2S2. The average molecular weight is 415 g/mol. The molecule has 0 aliphatic rings. The zero-order chi connectivity index (χ0) is 18.6. The Bertz CT molecular complexity index is 1050. The van der Waals surface area contributed by atoms with E-state index in [0.29, 0.717) is 26.5 Å². The third-order valence-electron chi connectivity index (χ3n) is 3.47. The Morgan fingerprint density at radius 1 is 1.07 bits per heavy atom. The van der Waals surface area contributed by atoms with Gasteiger partial charge in [0.05, 0.1) is 0 Å². The van der Waals surface area contributed by atoms with E-state index < -0.39 is 0 Å². The summed E-state index contributed by atoms with van der Waals surface area (Å²) >= 11 is 8.49. The smallest absolute Gasteiger partial charge is 0.278 e. The summed E-state index contributed by atoms with van der Waals surface area (Å²) in [5, 5.41) is 6.43. The van der Waals surface area contributed by atoms with Crippen molar-refractivity contribution >= 4 is 46.3 Å². The molecule has 6 nitrogen and oxygen atoms in total. The second-order valence-corrected chi connectivity index (χ2v) is 7.35. The van der Waals surface area contributed by atoms with Crippen LogP contribution >= 0.6 is 34.5 Å². The molecule has 9 heteroatoms. The van der Waals surface area contributed by atoms with Crippen LogP contribution in [-0.4, -0.2) is 20.2 Å². The standard InChI is InChI=1S/C18H11ClN4O2S2/c19-13-5-1-12(2-6-13)16-22-17(23-27-16)21-15(24)11-3-7-14(8-4-11)25-18-20-9-10-26-18/h1-10H,(H,21,23,24). The van der Waals surface area contributed by atoms with Crippen LogP contribution in [0.3, 0.4) is 0 Å². The van der Waals surface area contributed by atoms with Gasteiger partial charge in [-0.25, -0.2) is 4.98 Å². The zero-order valence-corrected chi connectivity index (χ0v) is 16.0. The maximum Gasteiger partial charge on any atom is 0.278 e. The van der Waals surface area contributed by atoms with Crippen LogP contribution in [0.1, 0.15) is 10.4 Å². The predicted octanol–water partition coefficient (Wildman–Crippen LogP) is 5.36. The largest absolute Gasteiger partial charge is 0.431 e. The summed E-state index contributed by atoms with van der Waals surface area (Å²) in [7, 11) is 0.